The van der Waals surface area contributed by atoms with Gasteiger partial charge < -0.3 is 4.74 Å². The second kappa shape index (κ2) is 8.70. The zero-order valence-electron chi connectivity index (χ0n) is 17.7. The first-order valence-corrected chi connectivity index (χ1v) is 11.9. The molecule has 1 saturated carbocycles. The van der Waals surface area contributed by atoms with Crippen molar-refractivity contribution in [1.29, 1.82) is 0 Å². The number of ketones is 1. The van der Waals surface area contributed by atoms with Crippen LogP contribution < -0.4 is 4.74 Å². The summed E-state index contributed by atoms with van der Waals surface area (Å²) in [4.78, 5) is 12.8. The zero-order valence-corrected chi connectivity index (χ0v) is 18.5. The molecule has 3 rings (SSSR count). The number of aryl methyl sites for hydroxylation is 1. The molecule has 0 N–H and O–H groups in total. The lowest BCUT2D eigenvalue weighted by molar-refractivity contribution is 0.0992. The number of hydrogen-bond acceptors (Lipinski definition) is 4. The SMILES string of the molecule is Cc1ccc(CC(=O)c2ccc(CS(=O)(=O)C(C)C)cc2)c(C)c1OCC1CC1. The van der Waals surface area contributed by atoms with Crippen molar-refractivity contribution >= 4 is 15.6 Å². The average molecular weight is 415 g/mol. The van der Waals surface area contributed by atoms with Gasteiger partial charge in [-0.25, -0.2) is 8.42 Å². The van der Waals surface area contributed by atoms with Crippen LogP contribution in [-0.2, 0) is 22.0 Å². The topological polar surface area (TPSA) is 60.4 Å². The third-order valence-corrected chi connectivity index (χ3v) is 7.76. The van der Waals surface area contributed by atoms with E-state index in [0.717, 1.165) is 29.0 Å². The molecule has 29 heavy (non-hydrogen) atoms. The molecule has 156 valence electrons. The number of carbonyl (C=O) groups is 1. The van der Waals surface area contributed by atoms with E-state index in [2.05, 4.69) is 0 Å². The fourth-order valence-electron chi connectivity index (χ4n) is 3.23. The van der Waals surface area contributed by atoms with E-state index in [1.807, 2.05) is 26.0 Å². The van der Waals surface area contributed by atoms with Crippen LogP contribution in [0.4, 0.5) is 0 Å². The van der Waals surface area contributed by atoms with E-state index >= 15 is 0 Å². The summed E-state index contributed by atoms with van der Waals surface area (Å²) in [6.45, 7) is 8.15. The van der Waals surface area contributed by atoms with E-state index in [1.54, 1.807) is 38.1 Å². The lowest BCUT2D eigenvalue weighted by Crippen LogP contribution is -2.16. The molecule has 0 atom stereocenters. The number of rotatable bonds is 9. The largest absolute Gasteiger partial charge is 0.493 e. The van der Waals surface area contributed by atoms with Crippen molar-refractivity contribution in [3.8, 4) is 5.75 Å². The highest BCUT2D eigenvalue weighted by molar-refractivity contribution is 7.91. The number of hydrogen-bond donors (Lipinski definition) is 0. The van der Waals surface area contributed by atoms with Crippen LogP contribution in [-0.4, -0.2) is 26.1 Å². The number of carbonyl (C=O) groups excluding carboxylic acids is 1. The summed E-state index contributed by atoms with van der Waals surface area (Å²) in [5, 5.41) is -0.412. The van der Waals surface area contributed by atoms with Crippen LogP contribution in [0.15, 0.2) is 36.4 Å². The van der Waals surface area contributed by atoms with Crippen LogP contribution in [0.3, 0.4) is 0 Å². The Morgan fingerprint density at radius 1 is 1.07 bits per heavy atom. The van der Waals surface area contributed by atoms with Gasteiger partial charge in [0.05, 0.1) is 17.6 Å². The van der Waals surface area contributed by atoms with Gasteiger partial charge in [0.15, 0.2) is 15.6 Å². The fraction of sp³-hybridized carbons (Fsp3) is 0.458. The van der Waals surface area contributed by atoms with E-state index in [-0.39, 0.29) is 11.5 Å². The van der Waals surface area contributed by atoms with Crippen molar-refractivity contribution in [2.75, 3.05) is 6.61 Å². The number of sulfone groups is 1. The molecule has 2 aromatic carbocycles. The number of ether oxygens (including phenoxy) is 1. The summed E-state index contributed by atoms with van der Waals surface area (Å²) in [6, 6.07) is 10.9. The molecule has 5 heteroatoms. The summed E-state index contributed by atoms with van der Waals surface area (Å²) >= 11 is 0. The minimum Gasteiger partial charge on any atom is -0.493 e. The van der Waals surface area contributed by atoms with Crippen LogP contribution in [0.1, 0.15) is 59.3 Å². The second-order valence-corrected chi connectivity index (χ2v) is 11.0. The summed E-state index contributed by atoms with van der Waals surface area (Å²) < 4.78 is 30.2. The molecule has 0 bridgehead atoms. The molecule has 0 radical (unpaired) electrons. The Bertz CT molecular complexity index is 984. The van der Waals surface area contributed by atoms with E-state index in [4.69, 9.17) is 4.74 Å². The molecule has 0 unspecified atom stereocenters. The molecule has 2 aromatic rings. The molecule has 1 aliphatic carbocycles. The predicted molar refractivity (Wildman–Crippen MR) is 116 cm³/mol. The molecule has 0 saturated heterocycles. The van der Waals surface area contributed by atoms with Crippen molar-refractivity contribution < 1.29 is 17.9 Å². The van der Waals surface area contributed by atoms with E-state index < -0.39 is 15.1 Å². The first kappa shape index (κ1) is 21.6. The van der Waals surface area contributed by atoms with Gasteiger partial charge in [-0.05, 0) is 68.7 Å². The van der Waals surface area contributed by atoms with Crippen molar-refractivity contribution in [3.05, 3.63) is 64.2 Å². The first-order chi connectivity index (χ1) is 13.7. The van der Waals surface area contributed by atoms with Crippen LogP contribution in [0.5, 0.6) is 5.75 Å². The maximum atomic E-state index is 12.8. The van der Waals surface area contributed by atoms with E-state index in [1.165, 1.54) is 12.8 Å². The Labute approximate surface area is 174 Å². The van der Waals surface area contributed by atoms with Crippen molar-refractivity contribution in [2.45, 2.75) is 58.0 Å². The molecule has 0 aliphatic heterocycles. The Balaban J connectivity index is 1.70. The highest BCUT2D eigenvalue weighted by atomic mass is 32.2. The van der Waals surface area contributed by atoms with Crippen molar-refractivity contribution in [2.24, 2.45) is 5.92 Å². The number of Topliss-reactive ketones (excluding diaryl/α,β-unsaturated/α-hetero) is 1. The first-order valence-electron chi connectivity index (χ1n) is 10.2. The second-order valence-electron chi connectivity index (χ2n) is 8.40. The van der Waals surface area contributed by atoms with Gasteiger partial charge in [0.25, 0.3) is 0 Å². The van der Waals surface area contributed by atoms with Gasteiger partial charge in [-0.15, -0.1) is 0 Å². The Morgan fingerprint density at radius 2 is 1.72 bits per heavy atom. The summed E-state index contributed by atoms with van der Waals surface area (Å²) in [5.74, 6) is 1.59. The minimum atomic E-state index is -3.15. The monoisotopic (exact) mass is 414 g/mol. The molecule has 1 aliphatic rings. The maximum Gasteiger partial charge on any atom is 0.167 e. The van der Waals surface area contributed by atoms with Gasteiger partial charge in [0.1, 0.15) is 5.75 Å². The quantitative estimate of drug-likeness (QED) is 0.551. The smallest absolute Gasteiger partial charge is 0.167 e. The summed E-state index contributed by atoms with van der Waals surface area (Å²) in [7, 11) is -3.15. The van der Waals surface area contributed by atoms with Gasteiger partial charge >= 0.3 is 0 Å². The van der Waals surface area contributed by atoms with Crippen LogP contribution in [0, 0.1) is 19.8 Å². The third-order valence-electron chi connectivity index (χ3n) is 5.59. The average Bonchev–Trinajstić information content (AvgIpc) is 3.48. The highest BCUT2D eigenvalue weighted by Crippen LogP contribution is 2.32. The standard InChI is InChI=1S/C24H30O4S/c1-16(2)29(26,27)15-20-8-11-21(12-9-20)23(25)13-22-10-5-17(3)24(18(22)4)28-14-19-6-7-19/h5,8-12,16,19H,6-7,13-15H2,1-4H3. The zero-order chi connectivity index (χ0) is 21.2. The van der Waals surface area contributed by atoms with Crippen molar-refractivity contribution in [3.63, 3.8) is 0 Å². The normalized spacial score (nSPS) is 14.2. The maximum absolute atomic E-state index is 12.8. The van der Waals surface area contributed by atoms with Crippen molar-refractivity contribution in [1.82, 2.24) is 0 Å². The van der Waals surface area contributed by atoms with Gasteiger partial charge in [-0.3, -0.25) is 4.79 Å². The molecular weight excluding hydrogens is 384 g/mol. The Hall–Kier alpha value is -2.14. The van der Waals surface area contributed by atoms with E-state index in [9.17, 15) is 13.2 Å². The molecule has 0 spiro atoms. The highest BCUT2D eigenvalue weighted by Gasteiger charge is 2.23. The molecule has 0 aromatic heterocycles. The van der Waals surface area contributed by atoms with Gasteiger partial charge in [-0.1, -0.05) is 36.4 Å². The number of benzene rings is 2. The Morgan fingerprint density at radius 3 is 2.31 bits per heavy atom. The van der Waals surface area contributed by atoms with Crippen LogP contribution in [0.25, 0.3) is 0 Å². The molecule has 4 nitrogen and oxygen atoms in total. The lowest BCUT2D eigenvalue weighted by Gasteiger charge is -2.15. The fourth-order valence-corrected chi connectivity index (χ4v) is 4.22. The van der Waals surface area contributed by atoms with Crippen LogP contribution in [0.2, 0.25) is 0 Å². The van der Waals surface area contributed by atoms with Gasteiger partial charge in [0.2, 0.25) is 0 Å². The minimum absolute atomic E-state index is 0.00208. The van der Waals surface area contributed by atoms with Gasteiger partial charge in [-0.2, -0.15) is 0 Å². The summed E-state index contributed by atoms with van der Waals surface area (Å²) in [6.07, 6.45) is 2.78. The lowest BCUT2D eigenvalue weighted by atomic mass is 9.96. The summed E-state index contributed by atoms with van der Waals surface area (Å²) in [5.41, 5.74) is 4.39. The predicted octanol–water partition coefficient (Wildman–Crippen LogP) is 4.84. The van der Waals surface area contributed by atoms with E-state index in [0.29, 0.717) is 23.5 Å². The van der Waals surface area contributed by atoms with Crippen LogP contribution >= 0.6 is 0 Å². The molecule has 1 fully saturated rings. The Kier molecular flexibility index (Phi) is 6.47. The third kappa shape index (κ3) is 5.47. The molecular formula is C24H30O4S. The van der Waals surface area contributed by atoms with Gasteiger partial charge in [0, 0.05) is 12.0 Å². The molecule has 0 amide bonds. The molecule has 0 heterocycles.